The first-order valence-corrected chi connectivity index (χ1v) is 10.4. The van der Waals surface area contributed by atoms with Gasteiger partial charge in [-0.3, -0.25) is 14.5 Å². The first-order chi connectivity index (χ1) is 16.0. The number of carbonyl (C=O) groups excluding carboxylic acids is 1. The number of aromatic nitrogens is 3. The van der Waals surface area contributed by atoms with Gasteiger partial charge in [0.1, 0.15) is 18.0 Å². The Hall–Kier alpha value is -4.44. The molecule has 0 saturated heterocycles. The zero-order chi connectivity index (χ0) is 23.4. The number of nitrogens with one attached hydrogen (secondary N) is 1. The van der Waals surface area contributed by atoms with Crippen molar-refractivity contribution >= 4 is 11.6 Å². The van der Waals surface area contributed by atoms with Crippen molar-refractivity contribution in [2.24, 2.45) is 0 Å². The number of hydrogen-bond acceptors (Lipinski definition) is 5. The van der Waals surface area contributed by atoms with Gasteiger partial charge in [-0.05, 0) is 54.4 Å². The van der Waals surface area contributed by atoms with Crippen LogP contribution in [0.1, 0.15) is 12.5 Å². The van der Waals surface area contributed by atoms with E-state index < -0.39 is 0 Å². The van der Waals surface area contributed by atoms with E-state index in [0.29, 0.717) is 5.69 Å². The van der Waals surface area contributed by atoms with Crippen LogP contribution in [0.2, 0.25) is 0 Å². The summed E-state index contributed by atoms with van der Waals surface area (Å²) in [5.41, 5.74) is 6.70. The van der Waals surface area contributed by atoms with Gasteiger partial charge in [-0.2, -0.15) is 10.4 Å². The normalized spacial score (nSPS) is 10.5. The van der Waals surface area contributed by atoms with Crippen LogP contribution in [0.4, 0.5) is 5.69 Å². The third kappa shape index (κ3) is 4.75. The second kappa shape index (κ2) is 9.37. The number of aryl methyl sites for hydroxylation is 1. The molecule has 0 atom stereocenters. The molecule has 0 unspecified atom stereocenters. The van der Waals surface area contributed by atoms with Gasteiger partial charge in [0.2, 0.25) is 5.91 Å². The summed E-state index contributed by atoms with van der Waals surface area (Å²) in [6.45, 7) is 3.62. The fourth-order valence-electron chi connectivity index (χ4n) is 3.75. The Morgan fingerprint density at radius 3 is 2.70 bits per heavy atom. The van der Waals surface area contributed by atoms with E-state index in [0.717, 1.165) is 45.0 Å². The molecule has 0 saturated carbocycles. The summed E-state index contributed by atoms with van der Waals surface area (Å²) in [4.78, 5) is 16.2. The molecular weight excluding hydrogens is 414 g/mol. The van der Waals surface area contributed by atoms with Gasteiger partial charge in [0, 0.05) is 36.0 Å². The number of anilines is 1. The fourth-order valence-corrected chi connectivity index (χ4v) is 3.75. The molecule has 4 aromatic rings. The van der Waals surface area contributed by atoms with E-state index in [9.17, 15) is 10.1 Å². The summed E-state index contributed by atoms with van der Waals surface area (Å²) in [5, 5.41) is 16.8. The Labute approximate surface area is 192 Å². The summed E-state index contributed by atoms with van der Waals surface area (Å²) in [7, 11) is 1.63. The van der Waals surface area contributed by atoms with E-state index in [2.05, 4.69) is 21.5 Å². The predicted molar refractivity (Wildman–Crippen MR) is 128 cm³/mol. The molecule has 0 aliphatic carbocycles. The number of para-hydroxylation sites is 1. The van der Waals surface area contributed by atoms with Crippen molar-refractivity contribution in [3.8, 4) is 45.5 Å². The van der Waals surface area contributed by atoms with Gasteiger partial charge in [-0.1, -0.05) is 18.2 Å². The lowest BCUT2D eigenvalue weighted by molar-refractivity contribution is -0.114. The Bertz CT molecular complexity index is 1370. The predicted octanol–water partition coefficient (Wildman–Crippen LogP) is 5.08. The maximum atomic E-state index is 11.7. The van der Waals surface area contributed by atoms with Gasteiger partial charge >= 0.3 is 0 Å². The molecule has 7 heteroatoms. The third-order valence-electron chi connectivity index (χ3n) is 5.14. The molecule has 7 nitrogen and oxygen atoms in total. The highest BCUT2D eigenvalue weighted by molar-refractivity contribution is 5.94. The van der Waals surface area contributed by atoms with Crippen LogP contribution in [0, 0.1) is 18.3 Å². The van der Waals surface area contributed by atoms with E-state index in [1.165, 1.54) is 6.92 Å². The molecular formula is C26H23N5O2. The number of methoxy groups -OCH3 is 1. The summed E-state index contributed by atoms with van der Waals surface area (Å²) in [6, 6.07) is 19.5. The molecule has 4 rings (SSSR count). The third-order valence-corrected chi connectivity index (χ3v) is 5.14. The highest BCUT2D eigenvalue weighted by Gasteiger charge is 2.16. The first-order valence-electron chi connectivity index (χ1n) is 10.4. The van der Waals surface area contributed by atoms with E-state index in [1.807, 2.05) is 67.7 Å². The molecule has 0 fully saturated rings. The van der Waals surface area contributed by atoms with E-state index in [-0.39, 0.29) is 12.5 Å². The molecule has 0 spiro atoms. The molecule has 2 aromatic carbocycles. The quantitative estimate of drug-likeness (QED) is 0.454. The van der Waals surface area contributed by atoms with Crippen molar-refractivity contribution in [2.45, 2.75) is 20.4 Å². The van der Waals surface area contributed by atoms with Crippen LogP contribution in [0.25, 0.3) is 33.6 Å². The van der Waals surface area contributed by atoms with Crippen LogP contribution in [0.15, 0.2) is 67.0 Å². The minimum absolute atomic E-state index is 0.138. The SMILES string of the molecule is COc1cc(C)cc(-c2nn(CC#N)cc2-c2ccnc(-c3ccccc3NC(C)=O)c2)c1. The number of amides is 1. The number of nitrogens with zero attached hydrogens (tertiary/aromatic N) is 4. The smallest absolute Gasteiger partial charge is 0.221 e. The maximum absolute atomic E-state index is 11.7. The average Bonchev–Trinajstić information content (AvgIpc) is 3.23. The molecule has 0 aliphatic heterocycles. The Balaban J connectivity index is 1.85. The van der Waals surface area contributed by atoms with Crippen molar-refractivity contribution < 1.29 is 9.53 Å². The second-order valence-corrected chi connectivity index (χ2v) is 7.64. The zero-order valence-corrected chi connectivity index (χ0v) is 18.7. The van der Waals surface area contributed by atoms with E-state index in [4.69, 9.17) is 4.74 Å². The minimum Gasteiger partial charge on any atom is -0.497 e. The van der Waals surface area contributed by atoms with Crippen molar-refractivity contribution in [2.75, 3.05) is 12.4 Å². The second-order valence-electron chi connectivity index (χ2n) is 7.64. The van der Waals surface area contributed by atoms with E-state index >= 15 is 0 Å². The van der Waals surface area contributed by atoms with Crippen molar-refractivity contribution in [3.63, 3.8) is 0 Å². The Morgan fingerprint density at radius 1 is 1.12 bits per heavy atom. The fraction of sp³-hybridized carbons (Fsp3) is 0.154. The lowest BCUT2D eigenvalue weighted by atomic mass is 9.99. The minimum atomic E-state index is -0.146. The molecule has 1 amide bonds. The number of pyridine rings is 1. The highest BCUT2D eigenvalue weighted by atomic mass is 16.5. The lowest BCUT2D eigenvalue weighted by Crippen LogP contribution is -2.07. The van der Waals surface area contributed by atoms with Gasteiger partial charge in [-0.15, -0.1) is 0 Å². The number of rotatable bonds is 6. The summed E-state index contributed by atoms with van der Waals surface area (Å²) >= 11 is 0. The van der Waals surface area contributed by atoms with Crippen molar-refractivity contribution in [1.29, 1.82) is 5.26 Å². The number of carbonyl (C=O) groups is 1. The zero-order valence-electron chi connectivity index (χ0n) is 18.7. The molecule has 33 heavy (non-hydrogen) atoms. The lowest BCUT2D eigenvalue weighted by Gasteiger charge is -2.11. The number of hydrogen-bond donors (Lipinski definition) is 1. The Morgan fingerprint density at radius 2 is 1.94 bits per heavy atom. The van der Waals surface area contributed by atoms with Crippen molar-refractivity contribution in [1.82, 2.24) is 14.8 Å². The molecule has 0 radical (unpaired) electrons. The van der Waals surface area contributed by atoms with Crippen LogP contribution in [-0.4, -0.2) is 27.8 Å². The highest BCUT2D eigenvalue weighted by Crippen LogP contribution is 2.35. The van der Waals surface area contributed by atoms with Gasteiger partial charge in [0.15, 0.2) is 0 Å². The van der Waals surface area contributed by atoms with Crippen LogP contribution in [0.5, 0.6) is 5.75 Å². The summed E-state index contributed by atoms with van der Waals surface area (Å²) in [6.07, 6.45) is 3.60. The number of ether oxygens (including phenoxy) is 1. The maximum Gasteiger partial charge on any atom is 0.221 e. The molecule has 0 bridgehead atoms. The molecule has 1 N–H and O–H groups in total. The van der Waals surface area contributed by atoms with Gasteiger partial charge < -0.3 is 10.1 Å². The number of nitriles is 1. The van der Waals surface area contributed by atoms with E-state index in [1.54, 1.807) is 18.0 Å². The van der Waals surface area contributed by atoms with Crippen molar-refractivity contribution in [3.05, 3.63) is 72.6 Å². The largest absolute Gasteiger partial charge is 0.497 e. The van der Waals surface area contributed by atoms with Gasteiger partial charge in [0.05, 0.1) is 24.6 Å². The van der Waals surface area contributed by atoms with Gasteiger partial charge in [0.25, 0.3) is 0 Å². The average molecular weight is 438 g/mol. The van der Waals surface area contributed by atoms with Crippen LogP contribution >= 0.6 is 0 Å². The molecule has 0 aliphatic rings. The molecule has 164 valence electrons. The summed E-state index contributed by atoms with van der Waals surface area (Å²) in [5.74, 6) is 0.595. The monoisotopic (exact) mass is 437 g/mol. The van der Waals surface area contributed by atoms with Crippen LogP contribution in [-0.2, 0) is 11.3 Å². The van der Waals surface area contributed by atoms with Gasteiger partial charge in [-0.25, -0.2) is 0 Å². The van der Waals surface area contributed by atoms with Crippen LogP contribution < -0.4 is 10.1 Å². The summed E-state index contributed by atoms with van der Waals surface area (Å²) < 4.78 is 7.08. The molecule has 2 heterocycles. The first kappa shape index (κ1) is 21.8. The number of benzene rings is 2. The van der Waals surface area contributed by atoms with Crippen LogP contribution in [0.3, 0.4) is 0 Å². The standard InChI is InChI=1S/C26H23N5O2/c1-17-12-20(14-21(13-17)33-3)26-23(16-31(30-26)11-9-27)19-8-10-28-25(15-19)22-6-4-5-7-24(22)29-18(2)32/h4-8,10,12-16H,11H2,1-3H3,(H,29,32). The molecule has 2 aromatic heterocycles. The topological polar surface area (TPSA) is 92.8 Å². The Kier molecular flexibility index (Phi) is 6.18.